The molecule has 0 bridgehead atoms. The third-order valence-electron chi connectivity index (χ3n) is 2.33. The van der Waals surface area contributed by atoms with Crippen molar-refractivity contribution >= 4 is 11.7 Å². The average molecular weight is 244 g/mol. The lowest BCUT2D eigenvalue weighted by Crippen LogP contribution is -2.57. The van der Waals surface area contributed by atoms with Gasteiger partial charge in [0.25, 0.3) is 0 Å². The van der Waals surface area contributed by atoms with Crippen molar-refractivity contribution < 1.29 is 4.79 Å². The first-order valence-electron chi connectivity index (χ1n) is 5.80. The van der Waals surface area contributed by atoms with E-state index in [-0.39, 0.29) is 6.03 Å². The first-order chi connectivity index (χ1) is 8.10. The van der Waals surface area contributed by atoms with Crippen molar-refractivity contribution in [3.05, 3.63) is 0 Å². The number of nitrogens with one attached hydrogen (secondary N) is 4. The molecule has 0 aromatic heterocycles. The van der Waals surface area contributed by atoms with Crippen LogP contribution < -0.4 is 16.3 Å². The van der Waals surface area contributed by atoms with Crippen LogP contribution in [0.4, 0.5) is 4.79 Å². The van der Waals surface area contributed by atoms with Gasteiger partial charge in [0.1, 0.15) is 0 Å². The van der Waals surface area contributed by atoms with Crippen LogP contribution in [0.25, 0.3) is 0 Å². The molecule has 0 rings (SSSR count). The summed E-state index contributed by atoms with van der Waals surface area (Å²) in [5.74, 6) is 0. The Balaban J connectivity index is 4.22. The zero-order chi connectivity index (χ0) is 13.3. The minimum atomic E-state index is -0.234. The zero-order valence-corrected chi connectivity index (χ0v) is 11.1. The van der Waals surface area contributed by atoms with Crippen LogP contribution in [0, 0.1) is 5.41 Å². The molecule has 0 atom stereocenters. The highest BCUT2D eigenvalue weighted by Gasteiger charge is 2.17. The van der Waals surface area contributed by atoms with Gasteiger partial charge < -0.3 is 5.41 Å². The van der Waals surface area contributed by atoms with Gasteiger partial charge >= 0.3 is 6.03 Å². The summed E-state index contributed by atoms with van der Waals surface area (Å²) in [6, 6.07) is -0.234. The number of carbonyl (C=O) groups is 1. The molecule has 0 saturated carbocycles. The summed E-state index contributed by atoms with van der Waals surface area (Å²) >= 11 is 0. The Hall–Kier alpha value is -1.18. The molecule has 0 aliphatic carbocycles. The summed E-state index contributed by atoms with van der Waals surface area (Å²) in [7, 11) is 4.99. The molecule has 0 radical (unpaired) electrons. The maximum absolute atomic E-state index is 11.9. The van der Waals surface area contributed by atoms with Crippen LogP contribution in [0.1, 0.15) is 26.2 Å². The van der Waals surface area contributed by atoms with Gasteiger partial charge in [0.05, 0.1) is 0 Å². The van der Waals surface area contributed by atoms with Crippen molar-refractivity contribution in [2.45, 2.75) is 26.2 Å². The Morgan fingerprint density at radius 2 is 1.71 bits per heavy atom. The lowest BCUT2D eigenvalue weighted by atomic mass is 10.1. The summed E-state index contributed by atoms with van der Waals surface area (Å²) < 4.78 is 0. The normalized spacial score (nSPS) is 10.1. The monoisotopic (exact) mass is 244 g/mol. The van der Waals surface area contributed by atoms with Crippen molar-refractivity contribution in [1.82, 2.24) is 26.4 Å². The van der Waals surface area contributed by atoms with Crippen LogP contribution in [-0.2, 0) is 0 Å². The molecule has 0 fully saturated rings. The Kier molecular flexibility index (Phi) is 8.29. The highest BCUT2D eigenvalue weighted by Crippen LogP contribution is 1.98. The van der Waals surface area contributed by atoms with Gasteiger partial charge in [-0.2, -0.15) is 5.12 Å². The first-order valence-corrected chi connectivity index (χ1v) is 5.80. The molecule has 0 aliphatic rings. The largest absolute Gasteiger partial charge is 0.363 e. The zero-order valence-electron chi connectivity index (χ0n) is 11.1. The molecule has 17 heavy (non-hydrogen) atoms. The van der Waals surface area contributed by atoms with Crippen molar-refractivity contribution in [2.75, 3.05) is 27.7 Å². The van der Waals surface area contributed by atoms with Crippen LogP contribution in [-0.4, -0.2) is 49.6 Å². The van der Waals surface area contributed by atoms with Crippen molar-refractivity contribution in [3.8, 4) is 0 Å². The summed E-state index contributed by atoms with van der Waals surface area (Å²) in [6.45, 7) is 2.52. The Bertz CT molecular complexity index is 241. The van der Waals surface area contributed by atoms with E-state index in [1.807, 2.05) is 6.92 Å². The van der Waals surface area contributed by atoms with Gasteiger partial charge in [-0.05, 0) is 6.42 Å². The fraction of sp³-hybridized carbons (Fsp3) is 0.800. The average Bonchev–Trinajstić information content (AvgIpc) is 2.31. The fourth-order valence-electron chi connectivity index (χ4n) is 1.40. The maximum atomic E-state index is 11.9. The maximum Gasteiger partial charge on any atom is 0.363 e. The highest BCUT2D eigenvalue weighted by molar-refractivity contribution is 5.82. The minimum absolute atomic E-state index is 0.234. The number of carbonyl (C=O) groups excluding carboxylic acids is 1. The molecular formula is C10H24N6O. The lowest BCUT2D eigenvalue weighted by Gasteiger charge is -2.28. The fourth-order valence-corrected chi connectivity index (χ4v) is 1.40. The molecule has 2 amide bonds. The number of hydrogen-bond donors (Lipinski definition) is 4. The Morgan fingerprint density at radius 3 is 2.12 bits per heavy atom. The van der Waals surface area contributed by atoms with E-state index in [0.717, 1.165) is 12.8 Å². The summed E-state index contributed by atoms with van der Waals surface area (Å²) in [4.78, 5) is 11.9. The number of amides is 2. The quantitative estimate of drug-likeness (QED) is 0.366. The predicted molar refractivity (Wildman–Crippen MR) is 68.4 cm³/mol. The molecule has 0 saturated heterocycles. The Labute approximate surface area is 103 Å². The van der Waals surface area contributed by atoms with E-state index < -0.39 is 0 Å². The van der Waals surface area contributed by atoms with Crippen LogP contribution in [0.2, 0.25) is 0 Å². The van der Waals surface area contributed by atoms with Crippen LogP contribution in [0.3, 0.4) is 0 Å². The van der Waals surface area contributed by atoms with Gasteiger partial charge in [0, 0.05) is 39.8 Å². The lowest BCUT2D eigenvalue weighted by molar-refractivity contribution is 0.0977. The molecule has 4 N–H and O–H groups in total. The van der Waals surface area contributed by atoms with Gasteiger partial charge in [-0.3, -0.25) is 5.01 Å². The third kappa shape index (κ3) is 5.62. The summed E-state index contributed by atoms with van der Waals surface area (Å²) in [5, 5.41) is 10.4. The molecular weight excluding hydrogens is 220 g/mol. The van der Waals surface area contributed by atoms with Crippen LogP contribution >= 0.6 is 0 Å². The number of urea groups is 1. The smallest absolute Gasteiger partial charge is 0.310 e. The van der Waals surface area contributed by atoms with Gasteiger partial charge in [-0.25, -0.2) is 21.1 Å². The number of nitrogens with zero attached hydrogens (tertiary/aromatic N) is 2. The molecule has 7 heteroatoms. The molecule has 0 aliphatic heterocycles. The molecule has 0 spiro atoms. The number of hydrogen-bond acceptors (Lipinski definition) is 5. The van der Waals surface area contributed by atoms with E-state index in [4.69, 9.17) is 5.41 Å². The standard InChI is InChI=1S/C10H24N6O/c1-5-6-9(11)7-8-15(12-2)10(17)16(13-3)14-4/h11-14H,5-8H2,1-4H3. The van der Waals surface area contributed by atoms with E-state index >= 15 is 0 Å². The van der Waals surface area contributed by atoms with Crippen LogP contribution in [0.15, 0.2) is 0 Å². The van der Waals surface area contributed by atoms with E-state index in [0.29, 0.717) is 18.7 Å². The van der Waals surface area contributed by atoms with Crippen molar-refractivity contribution in [2.24, 2.45) is 0 Å². The van der Waals surface area contributed by atoms with Gasteiger partial charge in [-0.15, -0.1) is 0 Å². The molecule has 0 heterocycles. The summed E-state index contributed by atoms with van der Waals surface area (Å²) in [6.07, 6.45) is 2.33. The second-order valence-corrected chi connectivity index (χ2v) is 3.54. The SMILES string of the molecule is CCCC(=N)CCN(NC)C(=O)N(NC)NC. The Morgan fingerprint density at radius 1 is 1.12 bits per heavy atom. The van der Waals surface area contributed by atoms with E-state index in [2.05, 4.69) is 16.3 Å². The molecule has 0 aromatic carbocycles. The number of hydrazine groups is 3. The minimum Gasteiger partial charge on any atom is -0.310 e. The molecule has 100 valence electrons. The second-order valence-electron chi connectivity index (χ2n) is 3.54. The van der Waals surface area contributed by atoms with Gasteiger partial charge in [0.15, 0.2) is 0 Å². The summed E-state index contributed by atoms with van der Waals surface area (Å²) in [5.41, 5.74) is 8.91. The van der Waals surface area contributed by atoms with Crippen molar-refractivity contribution in [3.63, 3.8) is 0 Å². The molecule has 7 nitrogen and oxygen atoms in total. The van der Waals surface area contributed by atoms with E-state index in [9.17, 15) is 4.79 Å². The van der Waals surface area contributed by atoms with E-state index in [1.54, 1.807) is 21.1 Å². The highest BCUT2D eigenvalue weighted by atomic mass is 16.2. The predicted octanol–water partition coefficient (Wildman–Crippen LogP) is 0.324. The van der Waals surface area contributed by atoms with E-state index in [1.165, 1.54) is 10.1 Å². The second kappa shape index (κ2) is 8.91. The first kappa shape index (κ1) is 15.8. The van der Waals surface area contributed by atoms with Gasteiger partial charge in [-0.1, -0.05) is 13.3 Å². The number of rotatable bonds is 8. The molecule has 0 unspecified atom stereocenters. The van der Waals surface area contributed by atoms with Crippen LogP contribution in [0.5, 0.6) is 0 Å². The van der Waals surface area contributed by atoms with Gasteiger partial charge in [0.2, 0.25) is 0 Å². The van der Waals surface area contributed by atoms with Crippen molar-refractivity contribution in [1.29, 1.82) is 5.41 Å². The topological polar surface area (TPSA) is 83.5 Å². The molecule has 0 aromatic rings. The third-order valence-corrected chi connectivity index (χ3v) is 2.33.